The first-order chi connectivity index (χ1) is 10.6. The van der Waals surface area contributed by atoms with Crippen LogP contribution in [-0.2, 0) is 11.8 Å². The molecule has 0 aliphatic carbocycles. The predicted octanol–water partition coefficient (Wildman–Crippen LogP) is 3.09. The van der Waals surface area contributed by atoms with E-state index in [2.05, 4.69) is 10.2 Å². The van der Waals surface area contributed by atoms with Gasteiger partial charge < -0.3 is 9.47 Å². The van der Waals surface area contributed by atoms with Crippen molar-refractivity contribution in [1.29, 1.82) is 0 Å². The van der Waals surface area contributed by atoms with Crippen molar-refractivity contribution >= 4 is 46.7 Å². The molecule has 0 radical (unpaired) electrons. The molecule has 0 fully saturated rings. The zero-order valence-corrected chi connectivity index (χ0v) is 14.4. The Bertz CT molecular complexity index is 691. The zero-order valence-electron chi connectivity index (χ0n) is 12.0. The molecule has 0 N–H and O–H groups in total. The molecule has 5 nitrogen and oxygen atoms in total. The summed E-state index contributed by atoms with van der Waals surface area (Å²) in [6, 6.07) is 5.70. The van der Waals surface area contributed by atoms with Gasteiger partial charge in [0.1, 0.15) is 6.33 Å². The van der Waals surface area contributed by atoms with E-state index in [0.717, 1.165) is 34.5 Å². The molecular formula is C14H15ClN4OS2. The lowest BCUT2D eigenvalue weighted by atomic mass is 10.2. The average Bonchev–Trinajstić information content (AvgIpc) is 2.79. The molecule has 116 valence electrons. The lowest BCUT2D eigenvalue weighted by molar-refractivity contribution is -0.116. The van der Waals surface area contributed by atoms with Gasteiger partial charge in [0.25, 0.3) is 0 Å². The number of anilines is 1. The highest BCUT2D eigenvalue weighted by atomic mass is 35.5. The Hall–Kier alpha value is -1.18. The smallest absolute Gasteiger partial charge is 0.237 e. The number of hydrogen-bond acceptors (Lipinski definition) is 5. The maximum absolute atomic E-state index is 12.6. The maximum atomic E-state index is 12.6. The minimum atomic E-state index is 0.0825. The van der Waals surface area contributed by atoms with Crippen LogP contribution < -0.4 is 4.90 Å². The highest BCUT2D eigenvalue weighted by molar-refractivity contribution is 8.00. The first kappa shape index (κ1) is 15.7. The van der Waals surface area contributed by atoms with Gasteiger partial charge in [-0.2, -0.15) is 0 Å². The van der Waals surface area contributed by atoms with Gasteiger partial charge in [0.15, 0.2) is 5.16 Å². The van der Waals surface area contributed by atoms with E-state index in [1.54, 1.807) is 18.1 Å². The van der Waals surface area contributed by atoms with Crippen molar-refractivity contribution in [3.05, 3.63) is 29.5 Å². The number of fused-ring (bicyclic) bond motifs is 1. The third-order valence-electron chi connectivity index (χ3n) is 3.29. The minimum absolute atomic E-state index is 0.0825. The third kappa shape index (κ3) is 3.42. The maximum Gasteiger partial charge on any atom is 0.237 e. The number of carbonyl (C=O) groups is 1. The summed E-state index contributed by atoms with van der Waals surface area (Å²) in [6.45, 7) is 0.736. The van der Waals surface area contributed by atoms with Crippen molar-refractivity contribution in [2.75, 3.05) is 23.0 Å². The molecule has 0 unspecified atom stereocenters. The van der Waals surface area contributed by atoms with Crippen LogP contribution in [-0.4, -0.2) is 38.7 Å². The molecule has 2 aromatic rings. The fourth-order valence-electron chi connectivity index (χ4n) is 2.22. The highest BCUT2D eigenvalue weighted by Crippen LogP contribution is 2.36. The number of nitrogens with zero attached hydrogens (tertiary/aromatic N) is 4. The molecule has 8 heteroatoms. The summed E-state index contributed by atoms with van der Waals surface area (Å²) in [7, 11) is 1.87. The Morgan fingerprint density at radius 2 is 2.36 bits per heavy atom. The van der Waals surface area contributed by atoms with Gasteiger partial charge in [0.05, 0.1) is 11.4 Å². The van der Waals surface area contributed by atoms with Crippen LogP contribution in [0.25, 0.3) is 0 Å². The molecule has 0 bridgehead atoms. The number of thioether (sulfide) groups is 2. The van der Waals surface area contributed by atoms with Crippen LogP contribution in [0.5, 0.6) is 0 Å². The summed E-state index contributed by atoms with van der Waals surface area (Å²) in [5.41, 5.74) is 0.954. The van der Waals surface area contributed by atoms with Crippen molar-refractivity contribution in [2.45, 2.75) is 16.5 Å². The van der Waals surface area contributed by atoms with E-state index in [-0.39, 0.29) is 5.91 Å². The van der Waals surface area contributed by atoms with Gasteiger partial charge in [-0.1, -0.05) is 23.4 Å². The van der Waals surface area contributed by atoms with Crippen LogP contribution in [0.15, 0.2) is 34.6 Å². The number of rotatable bonds is 3. The summed E-state index contributed by atoms with van der Waals surface area (Å²) >= 11 is 9.22. The number of amides is 1. The van der Waals surface area contributed by atoms with Crippen molar-refractivity contribution in [3.8, 4) is 0 Å². The van der Waals surface area contributed by atoms with E-state index in [1.807, 2.05) is 34.7 Å². The van der Waals surface area contributed by atoms with E-state index in [0.29, 0.717) is 10.8 Å². The number of benzene rings is 1. The number of halogens is 1. The van der Waals surface area contributed by atoms with Gasteiger partial charge in [-0.25, -0.2) is 0 Å². The Morgan fingerprint density at radius 1 is 1.50 bits per heavy atom. The molecule has 0 saturated heterocycles. The second-order valence-corrected chi connectivity index (χ2v) is 7.39. The van der Waals surface area contributed by atoms with Gasteiger partial charge in [-0.05, 0) is 30.4 Å². The van der Waals surface area contributed by atoms with E-state index < -0.39 is 0 Å². The van der Waals surface area contributed by atoms with Gasteiger partial charge in [-0.3, -0.25) is 4.79 Å². The van der Waals surface area contributed by atoms with Gasteiger partial charge in [0.2, 0.25) is 5.91 Å². The van der Waals surface area contributed by atoms with Crippen molar-refractivity contribution in [1.82, 2.24) is 14.8 Å². The Labute approximate surface area is 142 Å². The first-order valence-electron chi connectivity index (χ1n) is 6.84. The van der Waals surface area contributed by atoms with Gasteiger partial charge in [0, 0.05) is 23.5 Å². The Balaban J connectivity index is 1.76. The minimum Gasteiger partial charge on any atom is -0.312 e. The number of hydrogen-bond donors (Lipinski definition) is 0. The van der Waals surface area contributed by atoms with Crippen molar-refractivity contribution in [2.24, 2.45) is 7.05 Å². The van der Waals surface area contributed by atoms with Crippen molar-refractivity contribution in [3.63, 3.8) is 0 Å². The van der Waals surface area contributed by atoms with Crippen LogP contribution >= 0.6 is 35.1 Å². The van der Waals surface area contributed by atoms with Crippen LogP contribution in [0.3, 0.4) is 0 Å². The molecule has 3 rings (SSSR count). The quantitative estimate of drug-likeness (QED) is 0.793. The Kier molecular flexibility index (Phi) is 4.95. The molecule has 1 aliphatic heterocycles. The topological polar surface area (TPSA) is 51.0 Å². The van der Waals surface area contributed by atoms with Crippen molar-refractivity contribution < 1.29 is 4.79 Å². The summed E-state index contributed by atoms with van der Waals surface area (Å²) in [4.78, 5) is 15.5. The summed E-state index contributed by atoms with van der Waals surface area (Å²) in [5.74, 6) is 1.42. The average molecular weight is 355 g/mol. The van der Waals surface area contributed by atoms with Gasteiger partial charge in [-0.15, -0.1) is 22.0 Å². The van der Waals surface area contributed by atoms with E-state index in [4.69, 9.17) is 11.6 Å². The second-order valence-electron chi connectivity index (χ2n) is 4.87. The van der Waals surface area contributed by atoms with Crippen LogP contribution in [0.2, 0.25) is 5.02 Å². The SMILES string of the molecule is Cn1cnnc1SCC(=O)N1CCCSc2cc(Cl)ccc21. The number of aromatic nitrogens is 3. The van der Waals surface area contributed by atoms with E-state index in [9.17, 15) is 4.79 Å². The van der Waals surface area contributed by atoms with Crippen LogP contribution in [0.4, 0.5) is 5.69 Å². The summed E-state index contributed by atoms with van der Waals surface area (Å²) in [6.07, 6.45) is 2.60. The molecular weight excluding hydrogens is 340 g/mol. The molecule has 1 aromatic heterocycles. The highest BCUT2D eigenvalue weighted by Gasteiger charge is 2.22. The molecule has 22 heavy (non-hydrogen) atoms. The second kappa shape index (κ2) is 6.93. The lowest BCUT2D eigenvalue weighted by Gasteiger charge is -2.22. The molecule has 1 aliphatic rings. The van der Waals surface area contributed by atoms with Crippen LogP contribution in [0, 0.1) is 0 Å². The van der Waals surface area contributed by atoms with E-state index >= 15 is 0 Å². The Morgan fingerprint density at radius 3 is 3.14 bits per heavy atom. The standard InChI is InChI=1S/C14H15ClN4OS2/c1-18-9-16-17-14(18)22-8-13(20)19-5-2-6-21-12-7-10(15)3-4-11(12)19/h3-4,7,9H,2,5-6,8H2,1H3. The fourth-order valence-corrected chi connectivity index (χ4v) is 4.25. The number of carbonyl (C=O) groups excluding carboxylic acids is 1. The molecule has 1 aromatic carbocycles. The number of aryl methyl sites for hydroxylation is 1. The predicted molar refractivity (Wildman–Crippen MR) is 90.9 cm³/mol. The summed E-state index contributed by atoms with van der Waals surface area (Å²) in [5, 5.41) is 9.26. The molecule has 1 amide bonds. The van der Waals surface area contributed by atoms with Gasteiger partial charge >= 0.3 is 0 Å². The molecule has 0 atom stereocenters. The molecule has 2 heterocycles. The summed E-state index contributed by atoms with van der Waals surface area (Å²) < 4.78 is 1.81. The first-order valence-corrected chi connectivity index (χ1v) is 9.19. The normalized spacial score (nSPS) is 14.5. The largest absolute Gasteiger partial charge is 0.312 e. The third-order valence-corrected chi connectivity index (χ3v) is 5.68. The van der Waals surface area contributed by atoms with E-state index in [1.165, 1.54) is 11.8 Å². The fraction of sp³-hybridized carbons (Fsp3) is 0.357. The molecule has 0 spiro atoms. The van der Waals surface area contributed by atoms with Crippen LogP contribution in [0.1, 0.15) is 6.42 Å². The lowest BCUT2D eigenvalue weighted by Crippen LogP contribution is -2.33. The molecule has 0 saturated carbocycles. The monoisotopic (exact) mass is 354 g/mol. The zero-order chi connectivity index (χ0) is 15.5.